The Morgan fingerprint density at radius 1 is 0.963 bits per heavy atom. The predicted octanol–water partition coefficient (Wildman–Crippen LogP) is 0.627. The predicted molar refractivity (Wildman–Crippen MR) is 99.1 cm³/mol. The van der Waals surface area contributed by atoms with E-state index in [1.165, 1.54) is 27.7 Å². The molecule has 1 fully saturated rings. The van der Waals surface area contributed by atoms with Gasteiger partial charge in [-0.05, 0) is 0 Å². The summed E-state index contributed by atoms with van der Waals surface area (Å²) < 4.78 is 21.8. The van der Waals surface area contributed by atoms with Gasteiger partial charge in [0, 0.05) is 0 Å². The van der Waals surface area contributed by atoms with E-state index in [-0.39, 0.29) is 12.5 Å². The van der Waals surface area contributed by atoms with E-state index in [0.717, 1.165) is 0 Å². The van der Waals surface area contributed by atoms with Crippen LogP contribution in [0.15, 0.2) is 0 Å². The molecule has 0 aromatic heterocycles. The molecule has 1 aliphatic heterocycles. The number of rotatable bonds is 7. The van der Waals surface area contributed by atoms with Crippen LogP contribution in [0, 0.1) is 0 Å². The zero-order valence-electron chi connectivity index (χ0n) is 16.2. The van der Waals surface area contributed by atoms with E-state index in [4.69, 9.17) is 18.9 Å². The zero-order valence-corrected chi connectivity index (χ0v) is 18.9. The molecule has 1 heterocycles. The average molecular weight is 467 g/mol. The Kier molecular flexibility index (Phi) is 9.62. The van der Waals surface area contributed by atoms with Crippen molar-refractivity contribution in [1.82, 2.24) is 5.32 Å². The van der Waals surface area contributed by atoms with E-state index in [1.807, 2.05) is 0 Å². The van der Waals surface area contributed by atoms with E-state index in [2.05, 4.69) is 16.7 Å². The van der Waals surface area contributed by atoms with Gasteiger partial charge >= 0.3 is 166 Å². The number of nitrogens with one attached hydrogen (secondary N) is 1. The van der Waals surface area contributed by atoms with Gasteiger partial charge in [-0.2, -0.15) is 0 Å². The summed E-state index contributed by atoms with van der Waals surface area (Å²) in [6.45, 7) is 4.86. The molecule has 5 atom stereocenters. The molecular weight excluding hydrogens is 441 g/mol. The molecule has 0 spiro atoms. The number of amides is 1. The Bertz CT molecular complexity index is 573. The standard InChI is InChI=1S/C16H26AsNO8S/c1-8(19)18-13-15(25-11(4)22)14(24-10(3)21)12(7-23-9(2)20)26-16(13)27-17(5)6/h12-16H,7H2,1-6H3,(H,18,19)/t12-,13-,14-,15-,16+/m1/s1. The monoisotopic (exact) mass is 467 g/mol. The maximum absolute atomic E-state index is 11.7. The van der Waals surface area contributed by atoms with Crippen molar-refractivity contribution in [3.63, 3.8) is 0 Å². The van der Waals surface area contributed by atoms with E-state index in [9.17, 15) is 19.2 Å². The van der Waals surface area contributed by atoms with Gasteiger partial charge in [-0.15, -0.1) is 0 Å². The summed E-state index contributed by atoms with van der Waals surface area (Å²) in [6.07, 6.45) is -2.84. The SMILES string of the molecule is CC(=O)N[C@@H]1[C@@H](OC(C)=O)[C@H](OC(C)=O)[C@@H](COC(C)=O)O[C@H]1S[As](C)C. The first-order chi connectivity index (χ1) is 12.5. The number of carbonyl (C=O) groups is 4. The second-order valence-electron chi connectivity index (χ2n) is 6.14. The van der Waals surface area contributed by atoms with Crippen molar-refractivity contribution < 1.29 is 38.1 Å². The van der Waals surface area contributed by atoms with Gasteiger partial charge in [0.15, 0.2) is 0 Å². The Hall–Kier alpha value is -1.25. The fourth-order valence-electron chi connectivity index (χ4n) is 2.59. The van der Waals surface area contributed by atoms with E-state index < -0.39 is 61.2 Å². The summed E-state index contributed by atoms with van der Waals surface area (Å²) in [5.74, 6) is -2.06. The molecule has 1 amide bonds. The van der Waals surface area contributed by atoms with Gasteiger partial charge < -0.3 is 0 Å². The van der Waals surface area contributed by atoms with Crippen LogP contribution in [0.5, 0.6) is 0 Å². The number of hydrogen-bond donors (Lipinski definition) is 1. The van der Waals surface area contributed by atoms with Gasteiger partial charge in [0.1, 0.15) is 0 Å². The molecule has 0 bridgehead atoms. The van der Waals surface area contributed by atoms with Crippen LogP contribution in [-0.4, -0.2) is 73.7 Å². The molecule has 0 saturated carbocycles. The molecule has 154 valence electrons. The fourth-order valence-corrected chi connectivity index (χ4v) is 7.30. The van der Waals surface area contributed by atoms with Gasteiger partial charge in [-0.3, -0.25) is 0 Å². The van der Waals surface area contributed by atoms with Crippen molar-refractivity contribution in [2.75, 3.05) is 6.61 Å². The number of hydrogen-bond acceptors (Lipinski definition) is 9. The second kappa shape index (κ2) is 10.9. The molecule has 0 aromatic carbocycles. The summed E-state index contributed by atoms with van der Waals surface area (Å²) >= 11 is -1.29. The first kappa shape index (κ1) is 23.8. The van der Waals surface area contributed by atoms with Crippen molar-refractivity contribution in [2.45, 2.75) is 68.9 Å². The molecular formula is C16H26AsNO8S. The van der Waals surface area contributed by atoms with Crippen LogP contribution < -0.4 is 5.32 Å². The molecule has 0 aromatic rings. The van der Waals surface area contributed by atoms with Gasteiger partial charge in [-0.1, -0.05) is 0 Å². The fraction of sp³-hybridized carbons (Fsp3) is 0.750. The normalized spacial score (nSPS) is 27.6. The Balaban J connectivity index is 3.27. The van der Waals surface area contributed by atoms with Crippen LogP contribution in [-0.2, 0) is 38.1 Å². The summed E-state index contributed by atoms with van der Waals surface area (Å²) in [4.78, 5) is 46.2. The third-order valence-electron chi connectivity index (χ3n) is 3.39. The molecule has 1 saturated heterocycles. The Morgan fingerprint density at radius 2 is 1.52 bits per heavy atom. The van der Waals surface area contributed by atoms with Gasteiger partial charge in [0.2, 0.25) is 0 Å². The number of ether oxygens (including phenoxy) is 4. The van der Waals surface area contributed by atoms with Crippen LogP contribution >= 0.6 is 10.0 Å². The molecule has 9 nitrogen and oxygen atoms in total. The van der Waals surface area contributed by atoms with Crippen molar-refractivity contribution >= 4 is 47.3 Å². The minimum absolute atomic E-state index is 0.171. The maximum atomic E-state index is 11.7. The molecule has 1 N–H and O–H groups in total. The van der Waals surface area contributed by atoms with Crippen LogP contribution in [0.4, 0.5) is 0 Å². The number of esters is 3. The molecule has 11 heteroatoms. The quantitative estimate of drug-likeness (QED) is 0.327. The molecule has 1 rings (SSSR count). The molecule has 1 aliphatic rings. The summed E-state index contributed by atoms with van der Waals surface area (Å²) in [6, 6.07) is -0.717. The molecule has 0 aliphatic carbocycles. The summed E-state index contributed by atoms with van der Waals surface area (Å²) in [5, 5.41) is 2.74. The third kappa shape index (κ3) is 8.11. The average Bonchev–Trinajstić information content (AvgIpc) is 2.49. The van der Waals surface area contributed by atoms with Crippen LogP contribution in [0.1, 0.15) is 27.7 Å². The van der Waals surface area contributed by atoms with Crippen molar-refractivity contribution in [3.05, 3.63) is 0 Å². The Labute approximate surface area is 166 Å². The summed E-state index contributed by atoms with van der Waals surface area (Å²) in [7, 11) is 1.55. The van der Waals surface area contributed by atoms with Gasteiger partial charge in [0.25, 0.3) is 0 Å². The molecule has 0 unspecified atom stereocenters. The first-order valence-electron chi connectivity index (χ1n) is 8.25. The van der Waals surface area contributed by atoms with Crippen molar-refractivity contribution in [3.8, 4) is 0 Å². The zero-order chi connectivity index (χ0) is 20.7. The molecule has 0 radical (unpaired) electrons. The third-order valence-corrected chi connectivity index (χ3v) is 8.38. The van der Waals surface area contributed by atoms with E-state index >= 15 is 0 Å². The van der Waals surface area contributed by atoms with Gasteiger partial charge in [0.05, 0.1) is 0 Å². The van der Waals surface area contributed by atoms with Gasteiger partial charge in [-0.25, -0.2) is 0 Å². The number of carbonyl (C=O) groups excluding carboxylic acids is 4. The van der Waals surface area contributed by atoms with Crippen LogP contribution in [0.25, 0.3) is 0 Å². The van der Waals surface area contributed by atoms with Crippen molar-refractivity contribution in [1.29, 1.82) is 0 Å². The van der Waals surface area contributed by atoms with Crippen LogP contribution in [0.3, 0.4) is 0 Å². The topological polar surface area (TPSA) is 117 Å². The molecule has 27 heavy (non-hydrogen) atoms. The van der Waals surface area contributed by atoms with Crippen LogP contribution in [0.2, 0.25) is 11.4 Å². The van der Waals surface area contributed by atoms with E-state index in [1.54, 1.807) is 10.0 Å². The summed E-state index contributed by atoms with van der Waals surface area (Å²) in [5.41, 5.74) is 3.64. The van der Waals surface area contributed by atoms with Crippen molar-refractivity contribution in [2.24, 2.45) is 0 Å². The minimum atomic E-state index is -1.29. The first-order valence-corrected chi connectivity index (χ1v) is 15.1. The second-order valence-corrected chi connectivity index (χ2v) is 15.3. The van der Waals surface area contributed by atoms with E-state index in [0.29, 0.717) is 0 Å². The Morgan fingerprint density at radius 3 is 1.96 bits per heavy atom.